The lowest BCUT2D eigenvalue weighted by Gasteiger charge is -2.06. The number of esters is 1. The molecule has 1 aromatic rings. The van der Waals surface area contributed by atoms with Gasteiger partial charge in [-0.05, 0) is 31.9 Å². The highest BCUT2D eigenvalue weighted by Crippen LogP contribution is 2.17. The number of nitrogens with zero attached hydrogens (tertiary/aromatic N) is 1. The maximum absolute atomic E-state index is 11.1. The fraction of sp³-hybridized carbons (Fsp3) is 0.611. The van der Waals surface area contributed by atoms with Crippen molar-refractivity contribution in [2.75, 3.05) is 13.2 Å². The average Bonchev–Trinajstić information content (AvgIpc) is 2.57. The van der Waals surface area contributed by atoms with Crippen LogP contribution in [0.4, 0.5) is 5.69 Å². The van der Waals surface area contributed by atoms with Crippen LogP contribution in [-0.4, -0.2) is 24.1 Å². The molecule has 6 heteroatoms. The lowest BCUT2D eigenvalue weighted by Crippen LogP contribution is -2.03. The second-order valence-corrected chi connectivity index (χ2v) is 5.63. The van der Waals surface area contributed by atoms with Crippen LogP contribution in [0.3, 0.4) is 0 Å². The van der Waals surface area contributed by atoms with E-state index in [9.17, 15) is 14.9 Å². The highest BCUT2D eigenvalue weighted by Gasteiger charge is 2.04. The first-order chi connectivity index (χ1) is 11.6. The molecular weight excluding hydrogens is 310 g/mol. The van der Waals surface area contributed by atoms with Crippen molar-refractivity contribution in [3.05, 3.63) is 34.4 Å². The molecule has 0 N–H and O–H groups in total. The van der Waals surface area contributed by atoms with E-state index in [1.165, 1.54) is 18.6 Å². The molecule has 6 nitrogen and oxygen atoms in total. The Bertz CT molecular complexity index is 487. The van der Waals surface area contributed by atoms with E-state index < -0.39 is 4.92 Å². The van der Waals surface area contributed by atoms with Gasteiger partial charge in [0.05, 0.1) is 18.1 Å². The van der Waals surface area contributed by atoms with Crippen molar-refractivity contribution in [3.8, 4) is 5.75 Å². The lowest BCUT2D eigenvalue weighted by molar-refractivity contribution is -0.384. The number of unbranched alkanes of at least 4 members (excludes halogenated alkanes) is 6. The molecule has 0 fully saturated rings. The summed E-state index contributed by atoms with van der Waals surface area (Å²) in [6.07, 6.45) is 8.04. The third-order valence-electron chi connectivity index (χ3n) is 3.65. The highest BCUT2D eigenvalue weighted by atomic mass is 16.6. The number of hydrogen-bond donors (Lipinski definition) is 0. The van der Waals surface area contributed by atoms with E-state index in [1.54, 1.807) is 12.1 Å². The number of nitro benzene ring substituents is 1. The van der Waals surface area contributed by atoms with E-state index in [1.807, 2.05) is 6.92 Å². The van der Waals surface area contributed by atoms with Crippen molar-refractivity contribution in [3.63, 3.8) is 0 Å². The van der Waals surface area contributed by atoms with E-state index in [0.29, 0.717) is 25.4 Å². The fourth-order valence-corrected chi connectivity index (χ4v) is 2.34. The summed E-state index contributed by atoms with van der Waals surface area (Å²) in [7, 11) is 0. The molecule has 0 aliphatic heterocycles. The van der Waals surface area contributed by atoms with Gasteiger partial charge >= 0.3 is 5.97 Å². The molecule has 0 saturated heterocycles. The summed E-state index contributed by atoms with van der Waals surface area (Å²) in [4.78, 5) is 21.3. The second kappa shape index (κ2) is 12.3. The van der Waals surface area contributed by atoms with Gasteiger partial charge in [-0.1, -0.05) is 32.1 Å². The Morgan fingerprint density at radius 2 is 1.58 bits per heavy atom. The highest BCUT2D eigenvalue weighted by molar-refractivity contribution is 5.69. The second-order valence-electron chi connectivity index (χ2n) is 5.63. The number of ether oxygens (including phenoxy) is 2. The number of rotatable bonds is 13. The summed E-state index contributed by atoms with van der Waals surface area (Å²) in [6, 6.07) is 6.15. The summed E-state index contributed by atoms with van der Waals surface area (Å²) < 4.78 is 10.4. The van der Waals surface area contributed by atoms with Crippen molar-refractivity contribution in [1.29, 1.82) is 0 Å². The van der Waals surface area contributed by atoms with Gasteiger partial charge in [0.25, 0.3) is 5.69 Å². The van der Waals surface area contributed by atoms with Crippen LogP contribution in [0.2, 0.25) is 0 Å². The first-order valence-corrected chi connectivity index (χ1v) is 8.66. The minimum absolute atomic E-state index is 0.0744. The SMILES string of the molecule is CCOC(=O)CCCCCCCCCOc1ccc([N+](=O)[O-])cc1. The summed E-state index contributed by atoms with van der Waals surface area (Å²) in [5.74, 6) is 0.570. The van der Waals surface area contributed by atoms with Crippen LogP contribution in [0.25, 0.3) is 0 Å². The molecule has 0 aliphatic carbocycles. The monoisotopic (exact) mass is 337 g/mol. The number of non-ortho nitro benzene ring substituents is 1. The molecule has 0 aliphatic rings. The minimum Gasteiger partial charge on any atom is -0.494 e. The molecule has 0 radical (unpaired) electrons. The van der Waals surface area contributed by atoms with Crippen molar-refractivity contribution in [2.45, 2.75) is 58.3 Å². The zero-order valence-corrected chi connectivity index (χ0v) is 14.4. The number of hydrogen-bond acceptors (Lipinski definition) is 5. The van der Waals surface area contributed by atoms with Gasteiger partial charge in [-0.3, -0.25) is 14.9 Å². The van der Waals surface area contributed by atoms with E-state index in [2.05, 4.69) is 0 Å². The molecule has 1 aromatic carbocycles. The van der Waals surface area contributed by atoms with Gasteiger partial charge in [0.2, 0.25) is 0 Å². The normalized spacial score (nSPS) is 10.4. The summed E-state index contributed by atoms with van der Waals surface area (Å²) in [5, 5.41) is 10.5. The van der Waals surface area contributed by atoms with Crippen LogP contribution in [0.5, 0.6) is 5.75 Å². The van der Waals surface area contributed by atoms with E-state index in [4.69, 9.17) is 9.47 Å². The molecule has 0 unspecified atom stereocenters. The summed E-state index contributed by atoms with van der Waals surface area (Å²) in [6.45, 7) is 2.91. The zero-order valence-electron chi connectivity index (χ0n) is 14.4. The molecule has 0 atom stereocenters. The predicted molar refractivity (Wildman–Crippen MR) is 92.2 cm³/mol. The molecule has 0 heterocycles. The van der Waals surface area contributed by atoms with Crippen LogP contribution in [0, 0.1) is 10.1 Å². The van der Waals surface area contributed by atoms with Crippen LogP contribution >= 0.6 is 0 Å². The van der Waals surface area contributed by atoms with Crippen molar-refractivity contribution in [1.82, 2.24) is 0 Å². The Morgan fingerprint density at radius 3 is 2.17 bits per heavy atom. The van der Waals surface area contributed by atoms with Gasteiger partial charge < -0.3 is 9.47 Å². The van der Waals surface area contributed by atoms with E-state index in [-0.39, 0.29) is 11.7 Å². The van der Waals surface area contributed by atoms with E-state index in [0.717, 1.165) is 38.5 Å². The molecule has 0 saturated carbocycles. The Kier molecular flexibility index (Phi) is 10.2. The maximum atomic E-state index is 11.1. The molecule has 1 rings (SSSR count). The van der Waals surface area contributed by atoms with E-state index >= 15 is 0 Å². The summed E-state index contributed by atoms with van der Waals surface area (Å²) >= 11 is 0. The molecule has 0 spiro atoms. The molecule has 0 bridgehead atoms. The topological polar surface area (TPSA) is 78.7 Å². The fourth-order valence-electron chi connectivity index (χ4n) is 2.34. The molecule has 134 valence electrons. The molecular formula is C18H27NO5. The number of carbonyl (C=O) groups is 1. The first-order valence-electron chi connectivity index (χ1n) is 8.66. The largest absolute Gasteiger partial charge is 0.494 e. The van der Waals surface area contributed by atoms with Gasteiger partial charge in [-0.2, -0.15) is 0 Å². The minimum atomic E-state index is -0.420. The Balaban J connectivity index is 1.93. The van der Waals surface area contributed by atoms with Crippen LogP contribution in [-0.2, 0) is 9.53 Å². The third kappa shape index (κ3) is 9.12. The number of carbonyl (C=O) groups excluding carboxylic acids is 1. The summed E-state index contributed by atoms with van der Waals surface area (Å²) in [5.41, 5.74) is 0.0744. The van der Waals surface area contributed by atoms with Gasteiger partial charge in [-0.15, -0.1) is 0 Å². The maximum Gasteiger partial charge on any atom is 0.305 e. The Hall–Kier alpha value is -2.11. The van der Waals surface area contributed by atoms with Crippen molar-refractivity contribution >= 4 is 11.7 Å². The van der Waals surface area contributed by atoms with Crippen molar-refractivity contribution in [2.24, 2.45) is 0 Å². The molecule has 24 heavy (non-hydrogen) atoms. The van der Waals surface area contributed by atoms with Crippen LogP contribution in [0.15, 0.2) is 24.3 Å². The zero-order chi connectivity index (χ0) is 17.6. The smallest absolute Gasteiger partial charge is 0.305 e. The van der Waals surface area contributed by atoms with Crippen LogP contribution < -0.4 is 4.74 Å². The average molecular weight is 337 g/mol. The molecule has 0 aromatic heterocycles. The quantitative estimate of drug-likeness (QED) is 0.226. The number of nitro groups is 1. The predicted octanol–water partition coefficient (Wildman–Crippen LogP) is 4.66. The van der Waals surface area contributed by atoms with Gasteiger partial charge in [0.1, 0.15) is 5.75 Å². The Morgan fingerprint density at radius 1 is 1.00 bits per heavy atom. The number of benzene rings is 1. The standard InChI is InChI=1S/C18H27NO5/c1-2-23-18(20)10-8-6-4-3-5-7-9-15-24-17-13-11-16(12-14-17)19(21)22/h11-14H,2-10,15H2,1H3. The van der Waals surface area contributed by atoms with Gasteiger partial charge in [-0.25, -0.2) is 0 Å². The Labute approximate surface area is 143 Å². The lowest BCUT2D eigenvalue weighted by atomic mass is 10.1. The first kappa shape index (κ1) is 19.9. The van der Waals surface area contributed by atoms with Crippen molar-refractivity contribution < 1.29 is 19.2 Å². The van der Waals surface area contributed by atoms with Crippen LogP contribution in [0.1, 0.15) is 58.3 Å². The van der Waals surface area contributed by atoms with Gasteiger partial charge in [0, 0.05) is 18.6 Å². The third-order valence-corrected chi connectivity index (χ3v) is 3.65. The molecule has 0 amide bonds. The van der Waals surface area contributed by atoms with Gasteiger partial charge in [0.15, 0.2) is 0 Å².